The number of hydrogen-bond acceptors (Lipinski definition) is 3. The quantitative estimate of drug-likeness (QED) is 0.871. The van der Waals surface area contributed by atoms with Crippen LogP contribution in [-0.2, 0) is 14.8 Å². The first kappa shape index (κ1) is 14.9. The van der Waals surface area contributed by atoms with Gasteiger partial charge in [-0.05, 0) is 43.5 Å². The fourth-order valence-electron chi connectivity index (χ4n) is 2.43. The Labute approximate surface area is 117 Å². The van der Waals surface area contributed by atoms with Crippen LogP contribution in [0.1, 0.15) is 24.0 Å². The van der Waals surface area contributed by atoms with Crippen LogP contribution in [0, 0.1) is 19.7 Å². The summed E-state index contributed by atoms with van der Waals surface area (Å²) in [7, 11) is -3.71. The van der Waals surface area contributed by atoms with Crippen LogP contribution in [0.25, 0.3) is 0 Å². The molecule has 0 aliphatic carbocycles. The molecule has 1 aromatic rings. The zero-order chi connectivity index (χ0) is 14.9. The molecule has 1 unspecified atom stereocenters. The van der Waals surface area contributed by atoms with Crippen molar-refractivity contribution in [3.8, 4) is 0 Å². The lowest BCUT2D eigenvalue weighted by atomic mass is 10.1. The summed E-state index contributed by atoms with van der Waals surface area (Å²) in [5.41, 5.74) is 0.732. The molecule has 7 heteroatoms. The van der Waals surface area contributed by atoms with Crippen molar-refractivity contribution in [2.24, 2.45) is 0 Å². The molecule has 5 nitrogen and oxygen atoms in total. The third-order valence-corrected chi connectivity index (χ3v) is 5.03. The molecule has 1 amide bonds. The van der Waals surface area contributed by atoms with Crippen molar-refractivity contribution in [1.29, 1.82) is 0 Å². The topological polar surface area (TPSA) is 75.3 Å². The lowest BCUT2D eigenvalue weighted by molar-refractivity contribution is -0.119. The summed E-state index contributed by atoms with van der Waals surface area (Å²) >= 11 is 0. The molecule has 1 atom stereocenters. The molecule has 110 valence electrons. The summed E-state index contributed by atoms with van der Waals surface area (Å²) in [6, 6.07) is 2.20. The van der Waals surface area contributed by atoms with E-state index in [9.17, 15) is 17.6 Å². The fourth-order valence-corrected chi connectivity index (χ4v) is 3.96. The van der Waals surface area contributed by atoms with Crippen molar-refractivity contribution in [2.75, 3.05) is 6.54 Å². The largest absolute Gasteiger partial charge is 0.352 e. The highest BCUT2D eigenvalue weighted by molar-refractivity contribution is 7.89. The summed E-state index contributed by atoms with van der Waals surface area (Å²) in [4.78, 5) is 11.2. The van der Waals surface area contributed by atoms with Crippen LogP contribution in [0.15, 0.2) is 17.0 Å². The Morgan fingerprint density at radius 1 is 1.35 bits per heavy atom. The molecule has 0 bridgehead atoms. The standard InChI is InChI=1S/C13H17FN2O3S/c1-8-5-10(14)6-9(2)13(8)20(18,19)15-7-11-3-4-12(17)16-11/h5-6,11,15H,3-4,7H2,1-2H3,(H,16,17). The van der Waals surface area contributed by atoms with E-state index in [1.54, 1.807) is 13.8 Å². The van der Waals surface area contributed by atoms with E-state index < -0.39 is 15.8 Å². The molecule has 20 heavy (non-hydrogen) atoms. The van der Waals surface area contributed by atoms with Crippen LogP contribution >= 0.6 is 0 Å². The minimum Gasteiger partial charge on any atom is -0.352 e. The number of hydrogen-bond donors (Lipinski definition) is 2. The SMILES string of the molecule is Cc1cc(F)cc(C)c1S(=O)(=O)NCC1CCC(=O)N1. The second-order valence-corrected chi connectivity index (χ2v) is 6.73. The van der Waals surface area contributed by atoms with Crippen molar-refractivity contribution in [1.82, 2.24) is 10.0 Å². The lowest BCUT2D eigenvalue weighted by Gasteiger charge is -2.15. The Balaban J connectivity index is 2.16. The van der Waals surface area contributed by atoms with Crippen LogP contribution < -0.4 is 10.0 Å². The number of aryl methyl sites for hydroxylation is 2. The Hall–Kier alpha value is -1.47. The van der Waals surface area contributed by atoms with E-state index in [1.165, 1.54) is 12.1 Å². The number of sulfonamides is 1. The third kappa shape index (κ3) is 3.16. The minimum atomic E-state index is -3.71. The molecule has 0 aromatic heterocycles. The zero-order valence-electron chi connectivity index (χ0n) is 11.4. The summed E-state index contributed by atoms with van der Waals surface area (Å²) < 4.78 is 40.2. The van der Waals surface area contributed by atoms with Crippen molar-refractivity contribution in [3.63, 3.8) is 0 Å². The van der Waals surface area contributed by atoms with Gasteiger partial charge in [0, 0.05) is 19.0 Å². The molecule has 1 fully saturated rings. The molecule has 0 saturated carbocycles. The first-order valence-electron chi connectivity index (χ1n) is 6.35. The van der Waals surface area contributed by atoms with Gasteiger partial charge in [-0.2, -0.15) is 0 Å². The van der Waals surface area contributed by atoms with Gasteiger partial charge >= 0.3 is 0 Å². The second kappa shape index (κ2) is 5.49. The van der Waals surface area contributed by atoms with Gasteiger partial charge in [-0.1, -0.05) is 0 Å². The number of carbonyl (C=O) groups excluding carboxylic acids is 1. The van der Waals surface area contributed by atoms with Crippen LogP contribution in [0.4, 0.5) is 4.39 Å². The fraction of sp³-hybridized carbons (Fsp3) is 0.462. The average Bonchev–Trinajstić information content (AvgIpc) is 2.71. The molecule has 1 heterocycles. The van der Waals surface area contributed by atoms with Crippen LogP contribution in [0.5, 0.6) is 0 Å². The summed E-state index contributed by atoms with van der Waals surface area (Å²) in [5.74, 6) is -0.523. The zero-order valence-corrected chi connectivity index (χ0v) is 12.2. The number of halogens is 1. The van der Waals surface area contributed by atoms with Gasteiger partial charge in [0.1, 0.15) is 5.82 Å². The molecular weight excluding hydrogens is 283 g/mol. The molecule has 1 aliphatic rings. The number of carbonyl (C=O) groups is 1. The monoisotopic (exact) mass is 300 g/mol. The summed E-state index contributed by atoms with van der Waals surface area (Å²) in [6.07, 6.45) is 1.03. The van der Waals surface area contributed by atoms with Crippen molar-refractivity contribution >= 4 is 15.9 Å². The van der Waals surface area contributed by atoms with E-state index in [-0.39, 0.29) is 23.4 Å². The van der Waals surface area contributed by atoms with Crippen molar-refractivity contribution in [2.45, 2.75) is 37.6 Å². The highest BCUT2D eigenvalue weighted by Gasteiger charge is 2.25. The Morgan fingerprint density at radius 3 is 2.45 bits per heavy atom. The maximum Gasteiger partial charge on any atom is 0.241 e. The van der Waals surface area contributed by atoms with E-state index in [0.717, 1.165) is 0 Å². The van der Waals surface area contributed by atoms with E-state index in [0.29, 0.717) is 24.0 Å². The highest BCUT2D eigenvalue weighted by atomic mass is 32.2. The molecule has 0 radical (unpaired) electrons. The van der Waals surface area contributed by atoms with E-state index >= 15 is 0 Å². The maximum absolute atomic E-state index is 13.2. The van der Waals surface area contributed by atoms with E-state index in [1.807, 2.05) is 0 Å². The predicted molar refractivity (Wildman–Crippen MR) is 72.2 cm³/mol. The van der Waals surface area contributed by atoms with Crippen LogP contribution in [0.3, 0.4) is 0 Å². The van der Waals surface area contributed by atoms with Gasteiger partial charge in [0.15, 0.2) is 0 Å². The van der Waals surface area contributed by atoms with Gasteiger partial charge in [0.05, 0.1) is 4.90 Å². The minimum absolute atomic E-state index is 0.0664. The highest BCUT2D eigenvalue weighted by Crippen LogP contribution is 2.21. The molecule has 2 rings (SSSR count). The first-order valence-corrected chi connectivity index (χ1v) is 7.83. The first-order chi connectivity index (χ1) is 9.29. The Morgan fingerprint density at radius 2 is 1.95 bits per heavy atom. The van der Waals surface area contributed by atoms with Crippen molar-refractivity contribution < 1.29 is 17.6 Å². The second-order valence-electron chi connectivity index (χ2n) is 5.02. The normalized spacial score (nSPS) is 19.1. The Kier molecular flexibility index (Phi) is 4.10. The van der Waals surface area contributed by atoms with Gasteiger partial charge in [-0.15, -0.1) is 0 Å². The Bertz CT molecular complexity index is 620. The average molecular weight is 300 g/mol. The lowest BCUT2D eigenvalue weighted by Crippen LogP contribution is -2.38. The van der Waals surface area contributed by atoms with Gasteiger partial charge in [-0.25, -0.2) is 17.5 Å². The smallest absolute Gasteiger partial charge is 0.241 e. The van der Waals surface area contributed by atoms with Crippen LogP contribution in [-0.4, -0.2) is 26.9 Å². The van der Waals surface area contributed by atoms with E-state index in [2.05, 4.69) is 10.0 Å². The van der Waals surface area contributed by atoms with Gasteiger partial charge < -0.3 is 5.32 Å². The number of benzene rings is 1. The summed E-state index contributed by atoms with van der Waals surface area (Å²) in [6.45, 7) is 3.26. The number of amides is 1. The molecule has 0 spiro atoms. The van der Waals surface area contributed by atoms with Crippen molar-refractivity contribution in [3.05, 3.63) is 29.1 Å². The van der Waals surface area contributed by atoms with Crippen LogP contribution in [0.2, 0.25) is 0 Å². The molecular formula is C13H17FN2O3S. The van der Waals surface area contributed by atoms with Gasteiger partial charge in [0.25, 0.3) is 0 Å². The number of rotatable bonds is 4. The maximum atomic E-state index is 13.2. The van der Waals surface area contributed by atoms with E-state index in [4.69, 9.17) is 0 Å². The summed E-state index contributed by atoms with van der Waals surface area (Å²) in [5, 5.41) is 2.69. The molecule has 1 aromatic carbocycles. The van der Waals surface area contributed by atoms with Gasteiger partial charge in [0.2, 0.25) is 15.9 Å². The third-order valence-electron chi connectivity index (χ3n) is 3.30. The predicted octanol–water partition coefficient (Wildman–Crippen LogP) is 0.999. The number of nitrogens with one attached hydrogen (secondary N) is 2. The molecule has 2 N–H and O–H groups in total. The molecule has 1 saturated heterocycles. The molecule has 1 aliphatic heterocycles. The van der Waals surface area contributed by atoms with Gasteiger partial charge in [-0.3, -0.25) is 4.79 Å².